The Balaban J connectivity index is 2.28. The van der Waals surface area contributed by atoms with Crippen molar-refractivity contribution in [1.29, 1.82) is 0 Å². The van der Waals surface area contributed by atoms with Crippen LogP contribution in [0.15, 0.2) is 42.5 Å². The van der Waals surface area contributed by atoms with Crippen LogP contribution in [0, 0.1) is 11.6 Å². The van der Waals surface area contributed by atoms with E-state index in [0.717, 1.165) is 12.1 Å². The average molecular weight is 349 g/mol. The highest BCUT2D eigenvalue weighted by Crippen LogP contribution is 2.33. The molecule has 2 rings (SSSR count). The lowest BCUT2D eigenvalue weighted by Crippen LogP contribution is -2.02. The van der Waals surface area contributed by atoms with Gasteiger partial charge in [0.15, 0.2) is 11.6 Å². The summed E-state index contributed by atoms with van der Waals surface area (Å²) in [5.74, 6) is -1.90. The lowest BCUT2D eigenvalue weighted by Gasteiger charge is -2.13. The van der Waals surface area contributed by atoms with Crippen LogP contribution in [-0.4, -0.2) is 6.61 Å². The smallest absolute Gasteiger partial charge is 0.387 e. The van der Waals surface area contributed by atoms with Crippen LogP contribution in [0.4, 0.5) is 17.6 Å². The third kappa shape index (κ3) is 3.50. The first-order valence-electron chi connectivity index (χ1n) is 5.61. The molecular formula is C14H9BrF4O. The summed E-state index contributed by atoms with van der Waals surface area (Å²) >= 11 is 3.32. The fraction of sp³-hybridized carbons (Fsp3) is 0.143. The van der Waals surface area contributed by atoms with Gasteiger partial charge in [0.1, 0.15) is 5.75 Å². The Hall–Kier alpha value is -1.56. The summed E-state index contributed by atoms with van der Waals surface area (Å²) < 4.78 is 54.7. The first-order valence-corrected chi connectivity index (χ1v) is 6.52. The molecule has 20 heavy (non-hydrogen) atoms. The molecule has 1 atom stereocenters. The number of ether oxygens (including phenoxy) is 1. The maximum atomic E-state index is 13.2. The van der Waals surface area contributed by atoms with Crippen LogP contribution in [0.2, 0.25) is 0 Å². The minimum atomic E-state index is -2.91. The highest BCUT2D eigenvalue weighted by Gasteiger charge is 2.14. The van der Waals surface area contributed by atoms with Gasteiger partial charge in [0.2, 0.25) is 0 Å². The number of hydrogen-bond donors (Lipinski definition) is 0. The molecule has 106 valence electrons. The van der Waals surface area contributed by atoms with Gasteiger partial charge in [0.05, 0.1) is 4.83 Å². The molecule has 2 aromatic rings. The Kier molecular flexibility index (Phi) is 4.65. The van der Waals surface area contributed by atoms with E-state index >= 15 is 0 Å². The van der Waals surface area contributed by atoms with Gasteiger partial charge in [-0.2, -0.15) is 8.78 Å². The summed E-state index contributed by atoms with van der Waals surface area (Å²) in [5, 5.41) is 0. The van der Waals surface area contributed by atoms with Crippen LogP contribution < -0.4 is 4.74 Å². The number of alkyl halides is 3. The summed E-state index contributed by atoms with van der Waals surface area (Å²) in [6.07, 6.45) is 0. The fourth-order valence-electron chi connectivity index (χ4n) is 1.71. The predicted molar refractivity (Wildman–Crippen MR) is 70.2 cm³/mol. The van der Waals surface area contributed by atoms with Crippen molar-refractivity contribution in [2.24, 2.45) is 0 Å². The van der Waals surface area contributed by atoms with Gasteiger partial charge in [-0.3, -0.25) is 0 Å². The van der Waals surface area contributed by atoms with Gasteiger partial charge in [0.25, 0.3) is 0 Å². The summed E-state index contributed by atoms with van der Waals surface area (Å²) in [5.41, 5.74) is 1.06. The molecule has 2 aromatic carbocycles. The second-order valence-corrected chi connectivity index (χ2v) is 4.90. The van der Waals surface area contributed by atoms with E-state index in [-0.39, 0.29) is 5.75 Å². The molecule has 0 spiro atoms. The van der Waals surface area contributed by atoms with E-state index in [1.54, 1.807) is 12.1 Å². The van der Waals surface area contributed by atoms with E-state index in [4.69, 9.17) is 0 Å². The number of hydrogen-bond acceptors (Lipinski definition) is 1. The van der Waals surface area contributed by atoms with Crippen LogP contribution in [0.5, 0.6) is 5.75 Å². The minimum absolute atomic E-state index is 0.00420. The summed E-state index contributed by atoms with van der Waals surface area (Å²) in [6, 6.07) is 9.49. The Bertz CT molecular complexity index is 603. The van der Waals surface area contributed by atoms with Crippen molar-refractivity contribution in [3.05, 3.63) is 65.2 Å². The third-order valence-electron chi connectivity index (χ3n) is 2.61. The van der Waals surface area contributed by atoms with E-state index in [9.17, 15) is 17.6 Å². The van der Waals surface area contributed by atoms with Crippen molar-refractivity contribution >= 4 is 15.9 Å². The van der Waals surface area contributed by atoms with Crippen LogP contribution in [0.25, 0.3) is 0 Å². The standard InChI is InChI=1S/C14H9BrF4O/c15-13(9-4-5-11(16)12(17)7-9)8-2-1-3-10(6-8)20-14(18)19/h1-7,13-14H. The van der Waals surface area contributed by atoms with Crippen LogP contribution in [0.3, 0.4) is 0 Å². The molecule has 0 N–H and O–H groups in total. The maximum Gasteiger partial charge on any atom is 0.387 e. The highest BCUT2D eigenvalue weighted by molar-refractivity contribution is 9.09. The Morgan fingerprint density at radius 2 is 1.60 bits per heavy atom. The zero-order valence-electron chi connectivity index (χ0n) is 9.99. The quantitative estimate of drug-likeness (QED) is 0.554. The topological polar surface area (TPSA) is 9.23 Å². The summed E-state index contributed by atoms with van der Waals surface area (Å²) in [6.45, 7) is -2.91. The maximum absolute atomic E-state index is 13.2. The van der Waals surface area contributed by atoms with E-state index < -0.39 is 23.1 Å². The van der Waals surface area contributed by atoms with Crippen molar-refractivity contribution in [2.75, 3.05) is 0 Å². The molecule has 0 aliphatic carbocycles. The molecule has 0 fully saturated rings. The lowest BCUT2D eigenvalue weighted by molar-refractivity contribution is -0.0498. The third-order valence-corrected chi connectivity index (χ3v) is 3.67. The molecule has 0 radical (unpaired) electrons. The fourth-order valence-corrected chi connectivity index (χ4v) is 2.28. The molecule has 1 unspecified atom stereocenters. The monoisotopic (exact) mass is 348 g/mol. The van der Waals surface area contributed by atoms with Gasteiger partial charge in [-0.05, 0) is 35.4 Å². The largest absolute Gasteiger partial charge is 0.435 e. The lowest BCUT2D eigenvalue weighted by atomic mass is 10.0. The molecular weight excluding hydrogens is 340 g/mol. The van der Waals surface area contributed by atoms with Gasteiger partial charge in [-0.25, -0.2) is 8.78 Å². The molecule has 0 saturated heterocycles. The molecule has 0 bridgehead atoms. The zero-order chi connectivity index (χ0) is 14.7. The number of rotatable bonds is 4. The molecule has 0 aliphatic heterocycles. The van der Waals surface area contributed by atoms with E-state index in [2.05, 4.69) is 20.7 Å². The molecule has 0 amide bonds. The highest BCUT2D eigenvalue weighted by atomic mass is 79.9. The van der Waals surface area contributed by atoms with Crippen LogP contribution >= 0.6 is 15.9 Å². The second kappa shape index (κ2) is 6.26. The molecule has 0 saturated carbocycles. The van der Waals surface area contributed by atoms with Gasteiger partial charge >= 0.3 is 6.61 Å². The van der Waals surface area contributed by atoms with Crippen LogP contribution in [0.1, 0.15) is 16.0 Å². The normalized spacial score (nSPS) is 12.5. The van der Waals surface area contributed by atoms with E-state index in [1.165, 1.54) is 18.2 Å². The molecule has 1 nitrogen and oxygen atoms in total. The second-order valence-electron chi connectivity index (χ2n) is 3.99. The van der Waals surface area contributed by atoms with Crippen molar-refractivity contribution in [3.63, 3.8) is 0 Å². The van der Waals surface area contributed by atoms with Gasteiger partial charge in [-0.15, -0.1) is 0 Å². The van der Waals surface area contributed by atoms with Crippen molar-refractivity contribution in [1.82, 2.24) is 0 Å². The van der Waals surface area contributed by atoms with E-state index in [0.29, 0.717) is 11.1 Å². The zero-order valence-corrected chi connectivity index (χ0v) is 11.6. The molecule has 0 aliphatic rings. The van der Waals surface area contributed by atoms with Crippen molar-refractivity contribution < 1.29 is 22.3 Å². The number of halogens is 5. The first kappa shape index (κ1) is 14.8. The Morgan fingerprint density at radius 1 is 0.900 bits per heavy atom. The molecule has 0 aromatic heterocycles. The molecule has 0 heterocycles. The Labute approximate surface area is 121 Å². The summed E-state index contributed by atoms with van der Waals surface area (Å²) in [7, 11) is 0. The van der Waals surface area contributed by atoms with Gasteiger partial charge in [0, 0.05) is 0 Å². The Morgan fingerprint density at radius 3 is 2.25 bits per heavy atom. The predicted octanol–water partition coefficient (Wildman–Crippen LogP) is 5.05. The van der Waals surface area contributed by atoms with E-state index in [1.807, 2.05) is 0 Å². The first-order chi connectivity index (χ1) is 9.47. The van der Waals surface area contributed by atoms with Gasteiger partial charge < -0.3 is 4.74 Å². The minimum Gasteiger partial charge on any atom is -0.435 e. The van der Waals surface area contributed by atoms with Gasteiger partial charge in [-0.1, -0.05) is 34.1 Å². The SMILES string of the molecule is Fc1ccc(C(Br)c2cccc(OC(F)F)c2)cc1F. The van der Waals surface area contributed by atoms with Crippen molar-refractivity contribution in [3.8, 4) is 5.75 Å². The summed E-state index contributed by atoms with van der Waals surface area (Å²) in [4.78, 5) is -0.459. The molecule has 6 heteroatoms. The van der Waals surface area contributed by atoms with Crippen molar-refractivity contribution in [2.45, 2.75) is 11.4 Å². The van der Waals surface area contributed by atoms with Crippen LogP contribution in [-0.2, 0) is 0 Å². The number of benzene rings is 2. The average Bonchev–Trinajstić information content (AvgIpc) is 2.40.